The Morgan fingerprint density at radius 2 is 1.56 bits per heavy atom. The van der Waals surface area contributed by atoms with Crippen molar-refractivity contribution in [1.29, 1.82) is 0 Å². The molecule has 18 heavy (non-hydrogen) atoms. The first-order chi connectivity index (χ1) is 8.50. The second kappa shape index (κ2) is 5.21. The number of rotatable bonds is 2. The minimum Gasteiger partial charge on any atom is -0.206 e. The molecule has 0 aliphatic rings. The highest BCUT2D eigenvalue weighted by molar-refractivity contribution is 6.39. The Labute approximate surface area is 112 Å². The molecule has 0 heterocycles. The highest BCUT2D eigenvalue weighted by Gasteiger charge is 2.16. The van der Waals surface area contributed by atoms with E-state index in [1.165, 1.54) is 12.1 Å². The van der Waals surface area contributed by atoms with Gasteiger partial charge in [0.15, 0.2) is 0 Å². The SMILES string of the molecule is Fc1ccc(C(F)F)cc1-c1c(Cl)cccc1Cl. The quantitative estimate of drug-likeness (QED) is 0.662. The van der Waals surface area contributed by atoms with Crippen LogP contribution in [0.2, 0.25) is 10.0 Å². The minimum absolute atomic E-state index is 0.0246. The standard InChI is InChI=1S/C13H7Cl2F3/c14-9-2-1-3-10(15)12(9)8-6-7(13(17)18)4-5-11(8)16/h1-6,13H. The van der Waals surface area contributed by atoms with Gasteiger partial charge in [0.1, 0.15) is 5.82 Å². The average molecular weight is 291 g/mol. The summed E-state index contributed by atoms with van der Waals surface area (Å²) < 4.78 is 38.9. The maximum absolute atomic E-state index is 13.7. The zero-order valence-electron chi connectivity index (χ0n) is 8.93. The van der Waals surface area contributed by atoms with Crippen molar-refractivity contribution in [3.63, 3.8) is 0 Å². The first kappa shape index (κ1) is 13.2. The summed E-state index contributed by atoms with van der Waals surface area (Å²) in [5.41, 5.74) is -0.0772. The van der Waals surface area contributed by atoms with Crippen molar-refractivity contribution >= 4 is 23.2 Å². The van der Waals surface area contributed by atoms with Crippen molar-refractivity contribution in [2.45, 2.75) is 6.43 Å². The first-order valence-corrected chi connectivity index (χ1v) is 5.78. The van der Waals surface area contributed by atoms with Crippen molar-refractivity contribution in [3.05, 3.63) is 57.8 Å². The predicted octanol–water partition coefficient (Wildman–Crippen LogP) is 5.74. The van der Waals surface area contributed by atoms with Crippen LogP contribution in [-0.2, 0) is 0 Å². The molecule has 0 nitrogen and oxygen atoms in total. The highest BCUT2D eigenvalue weighted by Crippen LogP contribution is 2.37. The minimum atomic E-state index is -2.68. The molecule has 0 atom stereocenters. The summed E-state index contributed by atoms with van der Waals surface area (Å²) >= 11 is 11.9. The molecule has 0 bridgehead atoms. The van der Waals surface area contributed by atoms with E-state index in [1.54, 1.807) is 6.07 Å². The molecule has 2 aromatic rings. The Kier molecular flexibility index (Phi) is 3.83. The molecule has 0 aliphatic carbocycles. The Morgan fingerprint density at radius 1 is 0.944 bits per heavy atom. The Hall–Kier alpha value is -1.19. The fourth-order valence-corrected chi connectivity index (χ4v) is 2.23. The van der Waals surface area contributed by atoms with E-state index >= 15 is 0 Å². The lowest BCUT2D eigenvalue weighted by molar-refractivity contribution is 0.151. The van der Waals surface area contributed by atoms with Crippen LogP contribution in [0.15, 0.2) is 36.4 Å². The van der Waals surface area contributed by atoms with E-state index in [9.17, 15) is 13.2 Å². The molecule has 0 aromatic heterocycles. The van der Waals surface area contributed by atoms with Crippen molar-refractivity contribution in [2.24, 2.45) is 0 Å². The zero-order chi connectivity index (χ0) is 13.3. The normalized spacial score (nSPS) is 11.0. The van der Waals surface area contributed by atoms with Crippen LogP contribution in [0.5, 0.6) is 0 Å². The molecule has 0 radical (unpaired) electrons. The van der Waals surface area contributed by atoms with Gasteiger partial charge in [-0.2, -0.15) is 0 Å². The zero-order valence-corrected chi connectivity index (χ0v) is 10.4. The van der Waals surface area contributed by atoms with Crippen LogP contribution >= 0.6 is 23.2 Å². The van der Waals surface area contributed by atoms with Crippen molar-refractivity contribution < 1.29 is 13.2 Å². The molecule has 94 valence electrons. The summed E-state index contributed by atoms with van der Waals surface area (Å²) in [5, 5.41) is 0.431. The van der Waals surface area contributed by atoms with Gasteiger partial charge in [-0.3, -0.25) is 0 Å². The topological polar surface area (TPSA) is 0 Å². The summed E-state index contributed by atoms with van der Waals surface area (Å²) in [6.07, 6.45) is -2.68. The van der Waals surface area contributed by atoms with Gasteiger partial charge in [0, 0.05) is 26.7 Å². The third kappa shape index (κ3) is 2.47. The number of hydrogen-bond donors (Lipinski definition) is 0. The first-order valence-electron chi connectivity index (χ1n) is 5.02. The molecule has 0 saturated heterocycles. The van der Waals surface area contributed by atoms with E-state index in [0.717, 1.165) is 18.2 Å². The number of alkyl halides is 2. The molecule has 0 aliphatic heterocycles. The third-order valence-corrected chi connectivity index (χ3v) is 3.10. The molecule has 5 heteroatoms. The Bertz CT molecular complexity index is 562. The summed E-state index contributed by atoms with van der Waals surface area (Å²) in [7, 11) is 0. The van der Waals surface area contributed by atoms with Gasteiger partial charge in [-0.05, 0) is 24.3 Å². The average Bonchev–Trinajstić information content (AvgIpc) is 2.30. The maximum Gasteiger partial charge on any atom is 0.263 e. The molecule has 0 N–H and O–H groups in total. The van der Waals surface area contributed by atoms with E-state index in [4.69, 9.17) is 23.2 Å². The monoisotopic (exact) mass is 290 g/mol. The van der Waals surface area contributed by atoms with Crippen LogP contribution in [0.4, 0.5) is 13.2 Å². The van der Waals surface area contributed by atoms with Crippen molar-refractivity contribution in [3.8, 4) is 11.1 Å². The van der Waals surface area contributed by atoms with Gasteiger partial charge in [0.2, 0.25) is 0 Å². The van der Waals surface area contributed by atoms with Gasteiger partial charge < -0.3 is 0 Å². The second-order valence-electron chi connectivity index (χ2n) is 3.64. The van der Waals surface area contributed by atoms with Crippen molar-refractivity contribution in [1.82, 2.24) is 0 Å². The van der Waals surface area contributed by atoms with E-state index in [1.807, 2.05) is 0 Å². The third-order valence-electron chi connectivity index (χ3n) is 2.47. The van der Waals surface area contributed by atoms with Crippen LogP contribution in [-0.4, -0.2) is 0 Å². The van der Waals surface area contributed by atoms with Crippen LogP contribution in [0, 0.1) is 5.82 Å². The predicted molar refractivity (Wildman–Crippen MR) is 66.8 cm³/mol. The van der Waals surface area contributed by atoms with Gasteiger partial charge in [0.25, 0.3) is 6.43 Å². The highest BCUT2D eigenvalue weighted by atomic mass is 35.5. The number of halogens is 5. The smallest absolute Gasteiger partial charge is 0.206 e. The van der Waals surface area contributed by atoms with Gasteiger partial charge in [0.05, 0.1) is 0 Å². The van der Waals surface area contributed by atoms with E-state index < -0.39 is 12.2 Å². The van der Waals surface area contributed by atoms with Crippen molar-refractivity contribution in [2.75, 3.05) is 0 Å². The van der Waals surface area contributed by atoms with Crippen LogP contribution < -0.4 is 0 Å². The van der Waals surface area contributed by atoms with Gasteiger partial charge >= 0.3 is 0 Å². The molecule has 0 fully saturated rings. The van der Waals surface area contributed by atoms with E-state index in [-0.39, 0.29) is 26.7 Å². The molecule has 2 aromatic carbocycles. The maximum atomic E-state index is 13.7. The van der Waals surface area contributed by atoms with Crippen LogP contribution in [0.1, 0.15) is 12.0 Å². The van der Waals surface area contributed by atoms with Gasteiger partial charge in [-0.25, -0.2) is 13.2 Å². The molecule has 0 spiro atoms. The molecular formula is C13H7Cl2F3. The summed E-state index contributed by atoms with van der Waals surface area (Å²) in [6, 6.07) is 7.73. The van der Waals surface area contributed by atoms with Gasteiger partial charge in [-0.1, -0.05) is 35.3 Å². The number of benzene rings is 2. The molecule has 0 saturated carbocycles. The summed E-state index contributed by atoms with van der Waals surface area (Å²) in [6.45, 7) is 0. The fraction of sp³-hybridized carbons (Fsp3) is 0.0769. The van der Waals surface area contributed by atoms with Gasteiger partial charge in [-0.15, -0.1) is 0 Å². The second-order valence-corrected chi connectivity index (χ2v) is 4.45. The number of hydrogen-bond acceptors (Lipinski definition) is 0. The van der Waals surface area contributed by atoms with Crippen LogP contribution in [0.3, 0.4) is 0 Å². The molecular weight excluding hydrogens is 284 g/mol. The fourth-order valence-electron chi connectivity index (χ4n) is 1.63. The Morgan fingerprint density at radius 3 is 2.11 bits per heavy atom. The largest absolute Gasteiger partial charge is 0.263 e. The molecule has 2 rings (SSSR count). The van der Waals surface area contributed by atoms with Crippen LogP contribution in [0.25, 0.3) is 11.1 Å². The lowest BCUT2D eigenvalue weighted by Gasteiger charge is -2.10. The lowest BCUT2D eigenvalue weighted by atomic mass is 10.0. The summed E-state index contributed by atoms with van der Waals surface area (Å²) in [5.74, 6) is -0.644. The van der Waals surface area contributed by atoms with E-state index in [2.05, 4.69) is 0 Å². The summed E-state index contributed by atoms with van der Waals surface area (Å²) in [4.78, 5) is 0. The lowest BCUT2D eigenvalue weighted by Crippen LogP contribution is -1.91. The molecule has 0 unspecified atom stereocenters. The van der Waals surface area contributed by atoms with E-state index in [0.29, 0.717) is 0 Å². The Balaban J connectivity index is 2.67. The molecule has 0 amide bonds.